The first-order valence-corrected chi connectivity index (χ1v) is 13.6. The van der Waals surface area contributed by atoms with Gasteiger partial charge in [0.25, 0.3) is 5.91 Å². The summed E-state index contributed by atoms with van der Waals surface area (Å²) in [5, 5.41) is 21.9. The third-order valence-electron chi connectivity index (χ3n) is 7.28. The van der Waals surface area contributed by atoms with Crippen molar-refractivity contribution in [2.75, 3.05) is 13.1 Å². The van der Waals surface area contributed by atoms with Crippen LogP contribution in [0.25, 0.3) is 11.3 Å². The zero-order valence-corrected chi connectivity index (χ0v) is 23.4. The largest absolute Gasteiger partial charge is 0.618 e. The number of nitrogens with zero attached hydrogens (tertiary/aromatic N) is 3. The SMILES string of the molecule is CC(C)(C)OC(=O)N1CCC(NC(=O)c2cc(-c3ccc(F)cc3F)on2)C(C(=O)NC2(c3cccc[n+]3[O-])CC2)C1. The smallest absolute Gasteiger partial charge is 0.410 e. The van der Waals surface area contributed by atoms with Crippen molar-refractivity contribution in [3.63, 3.8) is 0 Å². The van der Waals surface area contributed by atoms with E-state index in [1.54, 1.807) is 39.0 Å². The number of ether oxygens (including phenoxy) is 1. The van der Waals surface area contributed by atoms with E-state index >= 15 is 0 Å². The van der Waals surface area contributed by atoms with Crippen LogP contribution in [0.3, 0.4) is 0 Å². The molecule has 1 saturated heterocycles. The van der Waals surface area contributed by atoms with Crippen molar-refractivity contribution in [1.82, 2.24) is 20.7 Å². The van der Waals surface area contributed by atoms with Crippen LogP contribution in [-0.2, 0) is 15.1 Å². The molecule has 1 aliphatic heterocycles. The number of pyridine rings is 1. The number of amides is 3. The van der Waals surface area contributed by atoms with Crippen LogP contribution in [-0.4, -0.2) is 52.7 Å². The van der Waals surface area contributed by atoms with Crippen molar-refractivity contribution >= 4 is 17.9 Å². The van der Waals surface area contributed by atoms with Gasteiger partial charge in [-0.3, -0.25) is 9.59 Å². The molecule has 2 aromatic heterocycles. The molecule has 42 heavy (non-hydrogen) atoms. The highest BCUT2D eigenvalue weighted by atomic mass is 19.1. The van der Waals surface area contributed by atoms with E-state index in [1.807, 2.05) is 0 Å². The Hall–Kier alpha value is -4.55. The Labute approximate surface area is 240 Å². The van der Waals surface area contributed by atoms with Crippen LogP contribution in [0.1, 0.15) is 56.2 Å². The van der Waals surface area contributed by atoms with Gasteiger partial charge in [0.15, 0.2) is 17.7 Å². The normalized spacial score (nSPS) is 19.6. The highest BCUT2D eigenvalue weighted by molar-refractivity contribution is 5.94. The lowest BCUT2D eigenvalue weighted by molar-refractivity contribution is -0.617. The number of piperidine rings is 1. The number of hydrogen-bond acceptors (Lipinski definition) is 7. The zero-order valence-electron chi connectivity index (χ0n) is 23.4. The van der Waals surface area contributed by atoms with Crippen LogP contribution < -0.4 is 15.4 Å². The maximum atomic E-state index is 14.2. The lowest BCUT2D eigenvalue weighted by Crippen LogP contribution is -2.58. The van der Waals surface area contributed by atoms with Crippen LogP contribution in [0.15, 0.2) is 53.2 Å². The molecule has 11 nitrogen and oxygen atoms in total. The first-order valence-electron chi connectivity index (χ1n) is 13.6. The highest BCUT2D eigenvalue weighted by Crippen LogP contribution is 2.44. The second-order valence-electron chi connectivity index (χ2n) is 11.6. The van der Waals surface area contributed by atoms with Gasteiger partial charge in [-0.25, -0.2) is 13.6 Å². The Balaban J connectivity index is 1.35. The van der Waals surface area contributed by atoms with Crippen molar-refractivity contribution < 1.29 is 37.2 Å². The minimum Gasteiger partial charge on any atom is -0.618 e. The van der Waals surface area contributed by atoms with E-state index in [1.165, 1.54) is 23.2 Å². The van der Waals surface area contributed by atoms with E-state index in [4.69, 9.17) is 9.26 Å². The van der Waals surface area contributed by atoms with Gasteiger partial charge in [0.05, 0.1) is 11.5 Å². The molecular weight excluding hydrogens is 552 g/mol. The molecule has 222 valence electrons. The van der Waals surface area contributed by atoms with Crippen LogP contribution >= 0.6 is 0 Å². The van der Waals surface area contributed by atoms with Gasteiger partial charge in [0.1, 0.15) is 22.8 Å². The van der Waals surface area contributed by atoms with E-state index in [9.17, 15) is 28.4 Å². The molecular formula is C29H31F2N5O6. The van der Waals surface area contributed by atoms with E-state index in [-0.39, 0.29) is 36.5 Å². The zero-order chi connectivity index (χ0) is 30.2. The molecule has 0 bridgehead atoms. The molecule has 2 aliphatic rings. The molecule has 3 aromatic rings. The number of hydrogen-bond donors (Lipinski definition) is 2. The van der Waals surface area contributed by atoms with Gasteiger partial charge in [0.2, 0.25) is 11.6 Å². The molecule has 3 heterocycles. The summed E-state index contributed by atoms with van der Waals surface area (Å²) < 4.78 is 38.9. The van der Waals surface area contributed by atoms with E-state index in [0.717, 1.165) is 6.07 Å². The Kier molecular flexibility index (Phi) is 7.60. The molecule has 2 fully saturated rings. The minimum atomic E-state index is -0.891. The van der Waals surface area contributed by atoms with Crippen molar-refractivity contribution in [1.29, 1.82) is 0 Å². The summed E-state index contributed by atoms with van der Waals surface area (Å²) in [5.74, 6) is -3.72. The predicted molar refractivity (Wildman–Crippen MR) is 143 cm³/mol. The maximum Gasteiger partial charge on any atom is 0.410 e. The number of rotatable bonds is 6. The Morgan fingerprint density at radius 2 is 1.93 bits per heavy atom. The average molecular weight is 584 g/mol. The van der Waals surface area contributed by atoms with Crippen LogP contribution in [0.4, 0.5) is 13.6 Å². The van der Waals surface area contributed by atoms with E-state index < -0.39 is 52.6 Å². The van der Waals surface area contributed by atoms with Crippen molar-refractivity contribution in [3.05, 3.63) is 76.9 Å². The monoisotopic (exact) mass is 583 g/mol. The van der Waals surface area contributed by atoms with Gasteiger partial charge in [0, 0.05) is 43.4 Å². The fraction of sp³-hybridized carbons (Fsp3) is 0.414. The molecule has 0 radical (unpaired) electrons. The third-order valence-corrected chi connectivity index (χ3v) is 7.28. The first kappa shape index (κ1) is 29.0. The molecule has 0 spiro atoms. The van der Waals surface area contributed by atoms with Crippen molar-refractivity contribution in [2.24, 2.45) is 5.92 Å². The van der Waals surface area contributed by atoms with Crippen LogP contribution in [0.5, 0.6) is 0 Å². The molecule has 1 aliphatic carbocycles. The summed E-state index contributed by atoms with van der Waals surface area (Å²) in [4.78, 5) is 41.1. The van der Waals surface area contributed by atoms with E-state index in [0.29, 0.717) is 29.3 Å². The second kappa shape index (κ2) is 11.0. The first-order chi connectivity index (χ1) is 19.8. The van der Waals surface area contributed by atoms with Gasteiger partial charge in [-0.1, -0.05) is 5.16 Å². The lowest BCUT2D eigenvalue weighted by Gasteiger charge is -2.38. The van der Waals surface area contributed by atoms with Crippen molar-refractivity contribution in [2.45, 2.75) is 57.2 Å². The second-order valence-corrected chi connectivity index (χ2v) is 11.6. The number of carbonyl (C=O) groups is 3. The van der Waals surface area contributed by atoms with Gasteiger partial charge in [-0.2, -0.15) is 4.73 Å². The molecule has 5 rings (SSSR count). The summed E-state index contributed by atoms with van der Waals surface area (Å²) >= 11 is 0. The standard InChI is InChI=1S/C29H31F2N5O6/c1-28(2,3)41-27(39)35-13-9-21(19(16-35)25(37)33-29(10-11-29)24-6-4-5-12-36(24)40)32-26(38)22-15-23(42-34-22)18-8-7-17(30)14-20(18)31/h4-8,12,14-15,19,21H,9-11,13,16H2,1-3H3,(H,32,38)(H,33,37). The number of carbonyl (C=O) groups excluding carboxylic acids is 3. The molecule has 2 unspecified atom stereocenters. The summed E-state index contributed by atoms with van der Waals surface area (Å²) in [7, 11) is 0. The number of nitrogens with one attached hydrogen (secondary N) is 2. The fourth-order valence-corrected chi connectivity index (χ4v) is 5.02. The molecule has 2 N–H and O–H groups in total. The number of likely N-dealkylation sites (tertiary alicyclic amines) is 1. The van der Waals surface area contributed by atoms with Gasteiger partial charge in [-0.05, 0) is 58.2 Å². The quantitative estimate of drug-likeness (QED) is 0.335. The fourth-order valence-electron chi connectivity index (χ4n) is 5.02. The molecule has 2 atom stereocenters. The number of halogens is 2. The lowest BCUT2D eigenvalue weighted by atomic mass is 9.90. The maximum absolute atomic E-state index is 14.2. The molecule has 3 amide bonds. The molecule has 1 saturated carbocycles. The molecule has 1 aromatic carbocycles. The Morgan fingerprint density at radius 3 is 2.60 bits per heavy atom. The summed E-state index contributed by atoms with van der Waals surface area (Å²) in [5.41, 5.74) is -1.43. The topological polar surface area (TPSA) is 141 Å². The third kappa shape index (κ3) is 6.19. The van der Waals surface area contributed by atoms with Gasteiger partial charge >= 0.3 is 6.09 Å². The Bertz CT molecular complexity index is 1520. The minimum absolute atomic E-state index is 0.0429. The summed E-state index contributed by atoms with van der Waals surface area (Å²) in [6.45, 7) is 5.38. The van der Waals surface area contributed by atoms with Crippen molar-refractivity contribution in [3.8, 4) is 11.3 Å². The van der Waals surface area contributed by atoms with Gasteiger partial charge < -0.3 is 30.0 Å². The predicted octanol–water partition coefficient (Wildman–Crippen LogP) is 3.41. The highest BCUT2D eigenvalue weighted by Gasteiger charge is 2.53. The number of aromatic nitrogens is 2. The van der Waals surface area contributed by atoms with Crippen LogP contribution in [0.2, 0.25) is 0 Å². The van der Waals surface area contributed by atoms with Gasteiger partial charge in [-0.15, -0.1) is 0 Å². The van der Waals surface area contributed by atoms with E-state index in [2.05, 4.69) is 15.8 Å². The average Bonchev–Trinajstić information content (AvgIpc) is 3.52. The van der Waals surface area contributed by atoms with Crippen LogP contribution in [0, 0.1) is 22.8 Å². The number of benzene rings is 1. The Morgan fingerprint density at radius 1 is 1.17 bits per heavy atom. The summed E-state index contributed by atoms with van der Waals surface area (Å²) in [6, 6.07) is 8.38. The summed E-state index contributed by atoms with van der Waals surface area (Å²) in [6.07, 6.45) is 2.12. The molecule has 13 heteroatoms.